The smallest absolute Gasteiger partial charge is 0.0659 e. The zero-order chi connectivity index (χ0) is 9.26. The van der Waals surface area contributed by atoms with Crippen molar-refractivity contribution in [3.05, 3.63) is 34.9 Å². The second-order valence-electron chi connectivity index (χ2n) is 3.84. The molecule has 0 N–H and O–H groups in total. The second-order valence-corrected chi connectivity index (χ2v) is 3.84. The number of aryl methyl sites for hydroxylation is 2. The minimum atomic E-state index is 0.246. The molecule has 1 aromatic rings. The molecule has 66 valence electrons. The van der Waals surface area contributed by atoms with Gasteiger partial charge in [0.15, 0.2) is 0 Å². The summed E-state index contributed by atoms with van der Waals surface area (Å²) in [5.41, 5.74) is 4.16. The lowest BCUT2D eigenvalue weighted by Gasteiger charge is -2.19. The molecule has 0 heterocycles. The Morgan fingerprint density at radius 3 is 3.00 bits per heavy atom. The Balaban J connectivity index is 2.32. The molecule has 2 rings (SSSR count). The van der Waals surface area contributed by atoms with Crippen molar-refractivity contribution in [3.63, 3.8) is 0 Å². The first-order valence-electron chi connectivity index (χ1n) is 4.77. The maximum atomic E-state index is 8.82. The molecule has 0 saturated heterocycles. The van der Waals surface area contributed by atoms with E-state index in [4.69, 9.17) is 5.26 Å². The molecule has 13 heavy (non-hydrogen) atoms. The molecule has 0 spiro atoms. The van der Waals surface area contributed by atoms with Crippen LogP contribution < -0.4 is 0 Å². The Kier molecular flexibility index (Phi) is 2.06. The summed E-state index contributed by atoms with van der Waals surface area (Å²) >= 11 is 0. The largest absolute Gasteiger partial charge is 0.198 e. The standard InChI is InChI=1S/C12H13N/c1-9-2-4-12-7-10(8-13)3-5-11(12)6-9/h2,4,6,10H,3,5,7H2,1H3. The molecule has 0 bridgehead atoms. The van der Waals surface area contributed by atoms with Crippen molar-refractivity contribution >= 4 is 0 Å². The summed E-state index contributed by atoms with van der Waals surface area (Å²) in [6.45, 7) is 2.12. The van der Waals surface area contributed by atoms with Gasteiger partial charge in [0.05, 0.1) is 12.0 Å². The van der Waals surface area contributed by atoms with Gasteiger partial charge in [0, 0.05) is 0 Å². The highest BCUT2D eigenvalue weighted by molar-refractivity contribution is 5.34. The molecule has 1 aromatic carbocycles. The number of nitriles is 1. The maximum Gasteiger partial charge on any atom is 0.0659 e. The molecule has 0 fully saturated rings. The average Bonchev–Trinajstić information content (AvgIpc) is 2.17. The molecule has 0 amide bonds. The van der Waals surface area contributed by atoms with E-state index in [0.717, 1.165) is 19.3 Å². The average molecular weight is 171 g/mol. The van der Waals surface area contributed by atoms with E-state index in [2.05, 4.69) is 31.2 Å². The predicted molar refractivity (Wildman–Crippen MR) is 52.3 cm³/mol. The Morgan fingerprint density at radius 2 is 2.23 bits per heavy atom. The monoisotopic (exact) mass is 171 g/mol. The van der Waals surface area contributed by atoms with Gasteiger partial charge in [-0.1, -0.05) is 23.8 Å². The van der Waals surface area contributed by atoms with Gasteiger partial charge in [-0.05, 0) is 37.3 Å². The molecular formula is C12H13N. The maximum absolute atomic E-state index is 8.82. The van der Waals surface area contributed by atoms with Crippen LogP contribution in [0.2, 0.25) is 0 Å². The molecule has 1 atom stereocenters. The molecule has 1 aliphatic rings. The third-order valence-corrected chi connectivity index (χ3v) is 2.77. The Bertz CT molecular complexity index is 360. The molecule has 0 aliphatic heterocycles. The number of hydrogen-bond donors (Lipinski definition) is 0. The fourth-order valence-corrected chi connectivity index (χ4v) is 1.99. The van der Waals surface area contributed by atoms with Gasteiger partial charge in [0.2, 0.25) is 0 Å². The molecular weight excluding hydrogens is 158 g/mol. The van der Waals surface area contributed by atoms with E-state index in [1.165, 1.54) is 16.7 Å². The number of benzene rings is 1. The fourth-order valence-electron chi connectivity index (χ4n) is 1.99. The first-order chi connectivity index (χ1) is 6.29. The van der Waals surface area contributed by atoms with Crippen LogP contribution in [0.3, 0.4) is 0 Å². The van der Waals surface area contributed by atoms with Gasteiger partial charge in [-0.15, -0.1) is 0 Å². The highest BCUT2D eigenvalue weighted by Gasteiger charge is 2.17. The van der Waals surface area contributed by atoms with Crippen LogP contribution in [-0.4, -0.2) is 0 Å². The van der Waals surface area contributed by atoms with Crippen molar-refractivity contribution in [2.24, 2.45) is 5.92 Å². The lowest BCUT2D eigenvalue weighted by atomic mass is 9.84. The zero-order valence-electron chi connectivity index (χ0n) is 7.88. The van der Waals surface area contributed by atoms with Crippen molar-refractivity contribution in [1.29, 1.82) is 5.26 Å². The number of nitrogens with zero attached hydrogens (tertiary/aromatic N) is 1. The van der Waals surface area contributed by atoms with Crippen LogP contribution in [0, 0.1) is 24.2 Å². The van der Waals surface area contributed by atoms with Crippen LogP contribution >= 0.6 is 0 Å². The van der Waals surface area contributed by atoms with E-state index < -0.39 is 0 Å². The molecule has 0 aromatic heterocycles. The summed E-state index contributed by atoms with van der Waals surface area (Å²) in [6.07, 6.45) is 3.06. The lowest BCUT2D eigenvalue weighted by molar-refractivity contribution is 0.564. The molecule has 1 nitrogen and oxygen atoms in total. The van der Waals surface area contributed by atoms with Crippen LogP contribution in [0.5, 0.6) is 0 Å². The first-order valence-corrected chi connectivity index (χ1v) is 4.77. The highest BCUT2D eigenvalue weighted by Crippen LogP contribution is 2.25. The Labute approximate surface area is 79.0 Å². The summed E-state index contributed by atoms with van der Waals surface area (Å²) in [4.78, 5) is 0. The minimum Gasteiger partial charge on any atom is -0.198 e. The van der Waals surface area contributed by atoms with E-state index in [1.54, 1.807) is 0 Å². The van der Waals surface area contributed by atoms with Gasteiger partial charge in [0.1, 0.15) is 0 Å². The predicted octanol–water partition coefficient (Wildman–Crippen LogP) is 2.62. The summed E-state index contributed by atoms with van der Waals surface area (Å²) in [6, 6.07) is 8.92. The lowest BCUT2D eigenvalue weighted by Crippen LogP contribution is -2.12. The molecule has 1 aliphatic carbocycles. The highest BCUT2D eigenvalue weighted by atomic mass is 14.3. The summed E-state index contributed by atoms with van der Waals surface area (Å²) in [5, 5.41) is 8.82. The van der Waals surface area contributed by atoms with E-state index in [0.29, 0.717) is 0 Å². The van der Waals surface area contributed by atoms with E-state index in [-0.39, 0.29) is 5.92 Å². The molecule has 0 saturated carbocycles. The second kappa shape index (κ2) is 3.22. The summed E-state index contributed by atoms with van der Waals surface area (Å²) < 4.78 is 0. The minimum absolute atomic E-state index is 0.246. The topological polar surface area (TPSA) is 23.8 Å². The summed E-state index contributed by atoms with van der Waals surface area (Å²) in [5.74, 6) is 0.246. The third kappa shape index (κ3) is 1.58. The SMILES string of the molecule is Cc1ccc2c(c1)CCC(C#N)C2. The van der Waals surface area contributed by atoms with Gasteiger partial charge in [-0.25, -0.2) is 0 Å². The van der Waals surface area contributed by atoms with Crippen LogP contribution in [-0.2, 0) is 12.8 Å². The van der Waals surface area contributed by atoms with Crippen molar-refractivity contribution in [3.8, 4) is 6.07 Å². The Morgan fingerprint density at radius 1 is 1.38 bits per heavy atom. The molecule has 1 unspecified atom stereocenters. The molecule has 0 radical (unpaired) electrons. The number of hydrogen-bond acceptors (Lipinski definition) is 1. The van der Waals surface area contributed by atoms with Crippen molar-refractivity contribution in [2.75, 3.05) is 0 Å². The van der Waals surface area contributed by atoms with Crippen LogP contribution in [0.25, 0.3) is 0 Å². The van der Waals surface area contributed by atoms with Crippen LogP contribution in [0.1, 0.15) is 23.1 Å². The normalized spacial score (nSPS) is 20.5. The van der Waals surface area contributed by atoms with E-state index >= 15 is 0 Å². The third-order valence-electron chi connectivity index (χ3n) is 2.77. The van der Waals surface area contributed by atoms with Gasteiger partial charge >= 0.3 is 0 Å². The number of rotatable bonds is 0. The van der Waals surface area contributed by atoms with Crippen molar-refractivity contribution in [2.45, 2.75) is 26.2 Å². The Hall–Kier alpha value is -1.29. The van der Waals surface area contributed by atoms with Crippen LogP contribution in [0.15, 0.2) is 18.2 Å². The molecule has 1 heteroatoms. The zero-order valence-corrected chi connectivity index (χ0v) is 7.88. The van der Waals surface area contributed by atoms with Crippen molar-refractivity contribution < 1.29 is 0 Å². The van der Waals surface area contributed by atoms with Crippen LogP contribution in [0.4, 0.5) is 0 Å². The van der Waals surface area contributed by atoms with Gasteiger partial charge in [0.25, 0.3) is 0 Å². The quantitative estimate of drug-likeness (QED) is 0.588. The van der Waals surface area contributed by atoms with Gasteiger partial charge in [-0.2, -0.15) is 5.26 Å². The summed E-state index contributed by atoms with van der Waals surface area (Å²) in [7, 11) is 0. The van der Waals surface area contributed by atoms with E-state index in [1.807, 2.05) is 0 Å². The van der Waals surface area contributed by atoms with Crippen molar-refractivity contribution in [1.82, 2.24) is 0 Å². The van der Waals surface area contributed by atoms with Gasteiger partial charge in [-0.3, -0.25) is 0 Å². The van der Waals surface area contributed by atoms with Gasteiger partial charge < -0.3 is 0 Å². The number of fused-ring (bicyclic) bond motifs is 1. The fraction of sp³-hybridized carbons (Fsp3) is 0.417. The first kappa shape index (κ1) is 8.31. The van der Waals surface area contributed by atoms with E-state index in [9.17, 15) is 0 Å².